The molecule has 0 aliphatic heterocycles. The molecule has 2 aromatic rings. The van der Waals surface area contributed by atoms with Crippen molar-refractivity contribution in [2.75, 3.05) is 0 Å². The summed E-state index contributed by atoms with van der Waals surface area (Å²) in [7, 11) is 0. The minimum atomic E-state index is -0.249. The van der Waals surface area contributed by atoms with Gasteiger partial charge in [-0.3, -0.25) is 4.79 Å². The van der Waals surface area contributed by atoms with Gasteiger partial charge in [0, 0.05) is 21.3 Å². The van der Waals surface area contributed by atoms with Crippen LogP contribution in [0.2, 0.25) is 10.0 Å². The molecule has 1 heterocycles. The number of amides is 1. The molecule has 1 aromatic carbocycles. The van der Waals surface area contributed by atoms with Crippen LogP contribution in [0.15, 0.2) is 30.6 Å². The first-order chi connectivity index (χ1) is 9.04. The zero-order valence-corrected chi connectivity index (χ0v) is 11.7. The number of halogens is 2. The van der Waals surface area contributed by atoms with Crippen LogP contribution in [0, 0.1) is 6.92 Å². The topological polar surface area (TPSA) is 54.9 Å². The normalized spacial score (nSPS) is 10.3. The fraction of sp³-hybridized carbons (Fsp3) is 0.154. The maximum Gasteiger partial charge on any atom is 0.251 e. The highest BCUT2D eigenvalue weighted by molar-refractivity contribution is 6.35. The van der Waals surface area contributed by atoms with Crippen molar-refractivity contribution in [2.45, 2.75) is 13.5 Å². The molecule has 0 radical (unpaired) electrons. The van der Waals surface area contributed by atoms with Crippen LogP contribution in [-0.2, 0) is 6.54 Å². The molecule has 1 N–H and O–H groups in total. The highest BCUT2D eigenvalue weighted by atomic mass is 35.5. The number of rotatable bonds is 3. The van der Waals surface area contributed by atoms with Crippen LogP contribution in [0.4, 0.5) is 0 Å². The fourth-order valence-electron chi connectivity index (χ4n) is 1.56. The molecule has 1 amide bonds. The third-order valence-electron chi connectivity index (χ3n) is 2.42. The Kier molecular flexibility index (Phi) is 4.35. The van der Waals surface area contributed by atoms with E-state index >= 15 is 0 Å². The molecule has 0 spiro atoms. The van der Waals surface area contributed by atoms with Crippen molar-refractivity contribution in [1.29, 1.82) is 0 Å². The predicted octanol–water partition coefficient (Wildman–Crippen LogP) is 3.02. The van der Waals surface area contributed by atoms with E-state index in [1.165, 1.54) is 6.33 Å². The summed E-state index contributed by atoms with van der Waals surface area (Å²) >= 11 is 11.7. The van der Waals surface area contributed by atoms with E-state index in [-0.39, 0.29) is 5.91 Å². The molecular weight excluding hydrogens is 285 g/mol. The summed E-state index contributed by atoms with van der Waals surface area (Å²) in [6, 6.07) is 6.51. The van der Waals surface area contributed by atoms with Crippen molar-refractivity contribution in [3.8, 4) is 0 Å². The smallest absolute Gasteiger partial charge is 0.251 e. The zero-order valence-electron chi connectivity index (χ0n) is 10.2. The van der Waals surface area contributed by atoms with Gasteiger partial charge in [-0.15, -0.1) is 0 Å². The highest BCUT2D eigenvalue weighted by Crippen LogP contribution is 2.18. The Morgan fingerprint density at radius 1 is 1.16 bits per heavy atom. The Balaban J connectivity index is 2.05. The molecule has 98 valence electrons. The van der Waals surface area contributed by atoms with Gasteiger partial charge in [0.25, 0.3) is 5.91 Å². The van der Waals surface area contributed by atoms with E-state index in [4.69, 9.17) is 23.2 Å². The molecule has 0 saturated heterocycles. The van der Waals surface area contributed by atoms with Gasteiger partial charge in [-0.25, -0.2) is 9.97 Å². The molecule has 1 aromatic heterocycles. The van der Waals surface area contributed by atoms with Crippen LogP contribution in [0.5, 0.6) is 0 Å². The predicted molar refractivity (Wildman–Crippen MR) is 74.4 cm³/mol. The molecule has 0 saturated carbocycles. The summed E-state index contributed by atoms with van der Waals surface area (Å²) in [6.07, 6.45) is 1.47. The van der Waals surface area contributed by atoms with E-state index in [9.17, 15) is 4.79 Å². The van der Waals surface area contributed by atoms with E-state index in [1.807, 2.05) is 13.0 Å². The molecule has 0 bridgehead atoms. The molecule has 0 fully saturated rings. The first-order valence-electron chi connectivity index (χ1n) is 5.56. The molecule has 4 nitrogen and oxygen atoms in total. The second-order valence-electron chi connectivity index (χ2n) is 3.99. The molecule has 0 aliphatic carbocycles. The Morgan fingerprint density at radius 3 is 2.47 bits per heavy atom. The number of hydrogen-bond acceptors (Lipinski definition) is 3. The summed E-state index contributed by atoms with van der Waals surface area (Å²) < 4.78 is 0. The number of aromatic nitrogens is 2. The lowest BCUT2D eigenvalue weighted by molar-refractivity contribution is 0.0950. The van der Waals surface area contributed by atoms with E-state index in [0.29, 0.717) is 22.2 Å². The van der Waals surface area contributed by atoms with Gasteiger partial charge < -0.3 is 5.32 Å². The van der Waals surface area contributed by atoms with E-state index in [2.05, 4.69) is 15.3 Å². The van der Waals surface area contributed by atoms with Gasteiger partial charge in [0.15, 0.2) is 0 Å². The molecule has 2 rings (SSSR count). The standard InChI is InChI=1S/C13H11Cl2N3O/c1-8-2-12(18-7-17-8)6-16-13(19)9-3-10(14)5-11(15)4-9/h2-5,7H,6H2,1H3,(H,16,19). The van der Waals surface area contributed by atoms with Crippen molar-refractivity contribution in [1.82, 2.24) is 15.3 Å². The highest BCUT2D eigenvalue weighted by Gasteiger charge is 2.08. The van der Waals surface area contributed by atoms with Gasteiger partial charge >= 0.3 is 0 Å². The monoisotopic (exact) mass is 295 g/mol. The lowest BCUT2D eigenvalue weighted by atomic mass is 10.2. The Bertz CT molecular complexity index is 596. The van der Waals surface area contributed by atoms with Crippen LogP contribution < -0.4 is 5.32 Å². The second kappa shape index (κ2) is 5.99. The molecule has 19 heavy (non-hydrogen) atoms. The van der Waals surface area contributed by atoms with Gasteiger partial charge in [0.05, 0.1) is 12.2 Å². The van der Waals surface area contributed by atoms with Crippen molar-refractivity contribution in [3.05, 3.63) is 57.6 Å². The third-order valence-corrected chi connectivity index (χ3v) is 2.85. The van der Waals surface area contributed by atoms with Crippen LogP contribution in [0.1, 0.15) is 21.7 Å². The van der Waals surface area contributed by atoms with Gasteiger partial charge in [0.2, 0.25) is 0 Å². The third kappa shape index (κ3) is 3.91. The van der Waals surface area contributed by atoms with Gasteiger partial charge in [0.1, 0.15) is 6.33 Å². The largest absolute Gasteiger partial charge is 0.346 e. The van der Waals surface area contributed by atoms with Crippen molar-refractivity contribution in [2.24, 2.45) is 0 Å². The number of carbonyl (C=O) groups is 1. The Morgan fingerprint density at radius 2 is 1.84 bits per heavy atom. The van der Waals surface area contributed by atoms with Crippen molar-refractivity contribution in [3.63, 3.8) is 0 Å². The van der Waals surface area contributed by atoms with E-state index in [1.54, 1.807) is 18.2 Å². The van der Waals surface area contributed by atoms with E-state index in [0.717, 1.165) is 11.4 Å². The maximum absolute atomic E-state index is 11.9. The van der Waals surface area contributed by atoms with Crippen LogP contribution in [0.3, 0.4) is 0 Å². The summed E-state index contributed by atoms with van der Waals surface area (Å²) in [5.74, 6) is -0.249. The quantitative estimate of drug-likeness (QED) is 0.947. The molecule has 6 heteroatoms. The number of nitrogens with one attached hydrogen (secondary N) is 1. The first-order valence-corrected chi connectivity index (χ1v) is 6.32. The number of benzene rings is 1. The number of hydrogen-bond donors (Lipinski definition) is 1. The Hall–Kier alpha value is -1.65. The van der Waals surface area contributed by atoms with Crippen LogP contribution >= 0.6 is 23.2 Å². The van der Waals surface area contributed by atoms with Crippen LogP contribution in [0.25, 0.3) is 0 Å². The Labute approximate surface area is 120 Å². The minimum Gasteiger partial charge on any atom is -0.346 e. The fourth-order valence-corrected chi connectivity index (χ4v) is 2.09. The molecular formula is C13H11Cl2N3O. The first kappa shape index (κ1) is 13.8. The second-order valence-corrected chi connectivity index (χ2v) is 4.86. The average Bonchev–Trinajstić information content (AvgIpc) is 2.35. The summed E-state index contributed by atoms with van der Waals surface area (Å²) in [5, 5.41) is 3.60. The maximum atomic E-state index is 11.9. The molecule has 0 unspecified atom stereocenters. The minimum absolute atomic E-state index is 0.249. The number of nitrogens with zero attached hydrogens (tertiary/aromatic N) is 2. The lowest BCUT2D eigenvalue weighted by Gasteiger charge is -2.06. The lowest BCUT2D eigenvalue weighted by Crippen LogP contribution is -2.23. The number of carbonyl (C=O) groups excluding carboxylic acids is 1. The SMILES string of the molecule is Cc1cc(CNC(=O)c2cc(Cl)cc(Cl)c2)ncn1. The van der Waals surface area contributed by atoms with Gasteiger partial charge in [-0.05, 0) is 31.2 Å². The summed E-state index contributed by atoms with van der Waals surface area (Å²) in [4.78, 5) is 20.0. The van der Waals surface area contributed by atoms with Gasteiger partial charge in [-0.1, -0.05) is 23.2 Å². The summed E-state index contributed by atoms with van der Waals surface area (Å²) in [6.45, 7) is 2.19. The van der Waals surface area contributed by atoms with Crippen LogP contribution in [-0.4, -0.2) is 15.9 Å². The van der Waals surface area contributed by atoms with Gasteiger partial charge in [-0.2, -0.15) is 0 Å². The molecule has 0 aliphatic rings. The van der Waals surface area contributed by atoms with Crippen molar-refractivity contribution < 1.29 is 4.79 Å². The molecule has 0 atom stereocenters. The van der Waals surface area contributed by atoms with E-state index < -0.39 is 0 Å². The summed E-state index contributed by atoms with van der Waals surface area (Å²) in [5.41, 5.74) is 2.02. The van der Waals surface area contributed by atoms with Crippen molar-refractivity contribution >= 4 is 29.1 Å². The zero-order chi connectivity index (χ0) is 13.8. The number of aryl methyl sites for hydroxylation is 1. The average molecular weight is 296 g/mol.